The standard InChI is InChI=1S/C15H21NO3S/c1-14(2)8-10-12(11(17)9-14)20-13(16-10)15(18-3)4-6-19-7-5-15/h4-9H2,1-3H3. The minimum Gasteiger partial charge on any atom is -0.381 e. The zero-order chi connectivity index (χ0) is 14.4. The number of Topliss-reactive ketones (excluding diaryl/α,β-unsaturated/α-hetero) is 1. The fourth-order valence-corrected chi connectivity index (χ4v) is 4.37. The summed E-state index contributed by atoms with van der Waals surface area (Å²) in [6, 6.07) is 0. The van der Waals surface area contributed by atoms with Gasteiger partial charge in [-0.15, -0.1) is 11.3 Å². The van der Waals surface area contributed by atoms with Crippen molar-refractivity contribution in [2.45, 2.75) is 45.1 Å². The highest BCUT2D eigenvalue weighted by molar-refractivity contribution is 7.14. The molecule has 2 aliphatic rings. The molecule has 2 heterocycles. The van der Waals surface area contributed by atoms with Crippen molar-refractivity contribution >= 4 is 17.1 Å². The van der Waals surface area contributed by atoms with Gasteiger partial charge in [-0.25, -0.2) is 4.98 Å². The Kier molecular flexibility index (Phi) is 3.47. The van der Waals surface area contributed by atoms with E-state index in [9.17, 15) is 4.79 Å². The molecule has 0 unspecified atom stereocenters. The molecule has 1 aromatic heterocycles. The number of carbonyl (C=O) groups excluding carboxylic acids is 1. The van der Waals surface area contributed by atoms with Crippen molar-refractivity contribution < 1.29 is 14.3 Å². The number of thiazole rings is 1. The average molecular weight is 295 g/mol. The average Bonchev–Trinajstić information content (AvgIpc) is 2.82. The Morgan fingerprint density at radius 1 is 1.25 bits per heavy atom. The van der Waals surface area contributed by atoms with Crippen LogP contribution in [-0.4, -0.2) is 31.1 Å². The Labute approximate surface area is 123 Å². The van der Waals surface area contributed by atoms with E-state index in [1.807, 2.05) is 0 Å². The van der Waals surface area contributed by atoms with E-state index in [1.165, 1.54) is 11.3 Å². The predicted molar refractivity (Wildman–Crippen MR) is 77.3 cm³/mol. The molecule has 0 amide bonds. The topological polar surface area (TPSA) is 48.4 Å². The van der Waals surface area contributed by atoms with E-state index in [1.54, 1.807) is 7.11 Å². The summed E-state index contributed by atoms with van der Waals surface area (Å²) in [5, 5.41) is 0.958. The van der Waals surface area contributed by atoms with Gasteiger partial charge in [-0.2, -0.15) is 0 Å². The number of ether oxygens (including phenoxy) is 2. The van der Waals surface area contributed by atoms with Gasteiger partial charge in [0.2, 0.25) is 0 Å². The molecule has 1 fully saturated rings. The highest BCUT2D eigenvalue weighted by atomic mass is 32.1. The first-order valence-corrected chi connectivity index (χ1v) is 7.94. The van der Waals surface area contributed by atoms with E-state index < -0.39 is 0 Å². The molecule has 4 nitrogen and oxygen atoms in total. The maximum absolute atomic E-state index is 12.3. The lowest BCUT2D eigenvalue weighted by atomic mass is 9.78. The Balaban J connectivity index is 1.99. The summed E-state index contributed by atoms with van der Waals surface area (Å²) in [6.07, 6.45) is 3.12. The van der Waals surface area contributed by atoms with Crippen molar-refractivity contribution in [3.05, 3.63) is 15.6 Å². The van der Waals surface area contributed by atoms with Gasteiger partial charge in [-0.05, 0) is 11.8 Å². The highest BCUT2D eigenvalue weighted by Gasteiger charge is 2.41. The van der Waals surface area contributed by atoms with E-state index in [4.69, 9.17) is 14.5 Å². The van der Waals surface area contributed by atoms with Crippen molar-refractivity contribution in [3.8, 4) is 0 Å². The van der Waals surface area contributed by atoms with E-state index >= 15 is 0 Å². The minimum atomic E-state index is -0.356. The number of fused-ring (bicyclic) bond motifs is 1. The van der Waals surface area contributed by atoms with E-state index in [2.05, 4.69) is 13.8 Å². The summed E-state index contributed by atoms with van der Waals surface area (Å²) in [6.45, 7) is 5.65. The summed E-state index contributed by atoms with van der Waals surface area (Å²) >= 11 is 1.53. The van der Waals surface area contributed by atoms with Gasteiger partial charge in [0.15, 0.2) is 5.78 Å². The normalized spacial score (nSPS) is 24.4. The van der Waals surface area contributed by atoms with Crippen LogP contribution in [0.2, 0.25) is 0 Å². The number of carbonyl (C=O) groups is 1. The number of rotatable bonds is 2. The molecule has 1 saturated heterocycles. The Morgan fingerprint density at radius 2 is 1.95 bits per heavy atom. The van der Waals surface area contributed by atoms with Crippen LogP contribution < -0.4 is 0 Å². The van der Waals surface area contributed by atoms with Crippen molar-refractivity contribution in [2.24, 2.45) is 5.41 Å². The van der Waals surface area contributed by atoms with Gasteiger partial charge in [-0.3, -0.25) is 4.79 Å². The fraction of sp³-hybridized carbons (Fsp3) is 0.733. The molecule has 3 rings (SSSR count). The lowest BCUT2D eigenvalue weighted by molar-refractivity contribution is -0.0949. The van der Waals surface area contributed by atoms with Crippen LogP contribution in [0.1, 0.15) is 53.5 Å². The van der Waals surface area contributed by atoms with Crippen molar-refractivity contribution in [2.75, 3.05) is 20.3 Å². The predicted octanol–water partition coefficient (Wildman–Crippen LogP) is 2.95. The van der Waals surface area contributed by atoms with Gasteiger partial charge in [0.05, 0.1) is 10.6 Å². The number of hydrogen-bond donors (Lipinski definition) is 0. The second-order valence-electron chi connectivity index (χ2n) is 6.55. The minimum absolute atomic E-state index is 0.0192. The zero-order valence-electron chi connectivity index (χ0n) is 12.3. The molecule has 1 aromatic rings. The molecule has 0 saturated carbocycles. The third kappa shape index (κ3) is 2.32. The molecule has 0 aromatic carbocycles. The van der Waals surface area contributed by atoms with Crippen molar-refractivity contribution in [3.63, 3.8) is 0 Å². The molecule has 5 heteroatoms. The molecule has 0 bridgehead atoms. The van der Waals surface area contributed by atoms with E-state index in [-0.39, 0.29) is 16.8 Å². The highest BCUT2D eigenvalue weighted by Crippen LogP contribution is 2.43. The molecular formula is C15H21NO3S. The molecule has 0 atom stereocenters. The van der Waals surface area contributed by atoms with Gasteiger partial charge >= 0.3 is 0 Å². The van der Waals surface area contributed by atoms with Crippen LogP contribution in [0.25, 0.3) is 0 Å². The molecular weight excluding hydrogens is 274 g/mol. The van der Waals surface area contributed by atoms with Crippen LogP contribution in [0.4, 0.5) is 0 Å². The van der Waals surface area contributed by atoms with Gasteiger partial charge < -0.3 is 9.47 Å². The van der Waals surface area contributed by atoms with E-state index in [0.29, 0.717) is 19.6 Å². The largest absolute Gasteiger partial charge is 0.381 e. The lowest BCUT2D eigenvalue weighted by Crippen LogP contribution is -2.35. The molecule has 0 radical (unpaired) electrons. The second-order valence-corrected chi connectivity index (χ2v) is 7.55. The molecule has 0 N–H and O–H groups in total. The summed E-state index contributed by atoms with van der Waals surface area (Å²) in [7, 11) is 1.73. The zero-order valence-corrected chi connectivity index (χ0v) is 13.1. The van der Waals surface area contributed by atoms with Gasteiger partial charge in [0.1, 0.15) is 10.6 Å². The Morgan fingerprint density at radius 3 is 2.60 bits per heavy atom. The monoisotopic (exact) mass is 295 g/mol. The Hall–Kier alpha value is -0.780. The fourth-order valence-electron chi connectivity index (χ4n) is 3.12. The first-order chi connectivity index (χ1) is 9.46. The number of nitrogens with zero attached hydrogens (tertiary/aromatic N) is 1. The Bertz CT molecular complexity index is 529. The third-order valence-corrected chi connectivity index (χ3v) is 5.64. The first-order valence-electron chi connectivity index (χ1n) is 7.12. The maximum atomic E-state index is 12.3. The summed E-state index contributed by atoms with van der Waals surface area (Å²) < 4.78 is 11.2. The molecule has 1 aliphatic heterocycles. The van der Waals surface area contributed by atoms with Gasteiger partial charge in [0.25, 0.3) is 0 Å². The van der Waals surface area contributed by atoms with Crippen LogP contribution >= 0.6 is 11.3 Å². The van der Waals surface area contributed by atoms with Crippen LogP contribution in [-0.2, 0) is 21.5 Å². The number of hydrogen-bond acceptors (Lipinski definition) is 5. The number of aromatic nitrogens is 1. The van der Waals surface area contributed by atoms with Gasteiger partial charge in [-0.1, -0.05) is 13.8 Å². The smallest absolute Gasteiger partial charge is 0.175 e. The molecule has 110 valence electrons. The number of ketones is 1. The SMILES string of the molecule is COC1(c2nc3c(s2)C(=O)CC(C)(C)C3)CCOCC1. The lowest BCUT2D eigenvalue weighted by Gasteiger charge is -2.33. The quantitative estimate of drug-likeness (QED) is 0.841. The number of methoxy groups -OCH3 is 1. The maximum Gasteiger partial charge on any atom is 0.175 e. The van der Waals surface area contributed by atoms with Crippen molar-refractivity contribution in [1.29, 1.82) is 0 Å². The first kappa shape index (κ1) is 14.2. The summed E-state index contributed by atoms with van der Waals surface area (Å²) in [5.74, 6) is 0.235. The van der Waals surface area contributed by atoms with Gasteiger partial charge in [0, 0.05) is 39.6 Å². The van der Waals surface area contributed by atoms with E-state index in [0.717, 1.165) is 34.8 Å². The molecule has 1 aliphatic carbocycles. The van der Waals surface area contributed by atoms with Crippen LogP contribution in [0, 0.1) is 5.41 Å². The summed E-state index contributed by atoms with van der Waals surface area (Å²) in [5.41, 5.74) is 0.630. The van der Waals surface area contributed by atoms with Crippen LogP contribution in [0.15, 0.2) is 0 Å². The molecule has 0 spiro atoms. The van der Waals surface area contributed by atoms with Crippen molar-refractivity contribution in [1.82, 2.24) is 4.98 Å². The van der Waals surface area contributed by atoms with Crippen LogP contribution in [0.5, 0.6) is 0 Å². The second kappa shape index (κ2) is 4.90. The van der Waals surface area contributed by atoms with Crippen LogP contribution in [0.3, 0.4) is 0 Å². The third-order valence-electron chi connectivity index (χ3n) is 4.32. The summed E-state index contributed by atoms with van der Waals surface area (Å²) in [4.78, 5) is 17.9. The molecule has 20 heavy (non-hydrogen) atoms.